The number of methoxy groups -OCH3 is 1. The molecule has 3 aromatic rings. The van der Waals surface area contributed by atoms with Crippen molar-refractivity contribution in [3.63, 3.8) is 0 Å². The molecule has 0 atom stereocenters. The molecule has 2 aromatic carbocycles. The van der Waals surface area contributed by atoms with Crippen molar-refractivity contribution in [2.75, 3.05) is 13.7 Å². The largest absolute Gasteiger partial charge is 0.497 e. The first kappa shape index (κ1) is 18.7. The minimum atomic E-state index is -0.0516. The number of carbonyl (C=O) groups is 1. The quantitative estimate of drug-likeness (QED) is 0.490. The highest BCUT2D eigenvalue weighted by Gasteiger charge is 2.11. The summed E-state index contributed by atoms with van der Waals surface area (Å²) in [5.41, 5.74) is 3.32. The van der Waals surface area contributed by atoms with Crippen LogP contribution in [0.5, 0.6) is 5.75 Å². The Bertz CT molecular complexity index is 926. The zero-order chi connectivity index (χ0) is 19.1. The molecule has 140 valence electrons. The number of hydrogen-bond acceptors (Lipinski definition) is 3. The molecule has 0 aliphatic carbocycles. The van der Waals surface area contributed by atoms with Gasteiger partial charge in [-0.15, -0.1) is 0 Å². The summed E-state index contributed by atoms with van der Waals surface area (Å²) in [4.78, 5) is 16.3. The second-order valence-electron chi connectivity index (χ2n) is 6.35. The summed E-state index contributed by atoms with van der Waals surface area (Å²) in [7, 11) is 1.67. The highest BCUT2D eigenvalue weighted by molar-refractivity contribution is 5.87. The highest BCUT2D eigenvalue weighted by Crippen LogP contribution is 2.20. The van der Waals surface area contributed by atoms with E-state index in [9.17, 15) is 4.79 Å². The summed E-state index contributed by atoms with van der Waals surface area (Å²) >= 11 is 0. The van der Waals surface area contributed by atoms with Crippen LogP contribution in [0.25, 0.3) is 11.0 Å². The molecule has 0 radical (unpaired) electrons. The third kappa shape index (κ3) is 4.76. The second-order valence-corrected chi connectivity index (χ2v) is 6.35. The number of carbonyl (C=O) groups excluding carboxylic acids is 1. The molecular weight excluding hydrogens is 338 g/mol. The Balaban J connectivity index is 1.75. The number of imidazole rings is 1. The third-order valence-electron chi connectivity index (χ3n) is 4.43. The normalized spacial score (nSPS) is 11.2. The zero-order valence-corrected chi connectivity index (χ0v) is 15.8. The first-order chi connectivity index (χ1) is 13.2. The molecule has 5 heteroatoms. The van der Waals surface area contributed by atoms with E-state index in [-0.39, 0.29) is 5.91 Å². The number of amides is 1. The molecule has 0 saturated carbocycles. The lowest BCUT2D eigenvalue weighted by Gasteiger charge is -2.10. The van der Waals surface area contributed by atoms with E-state index in [1.54, 1.807) is 19.3 Å². The Kier molecular flexibility index (Phi) is 6.26. The van der Waals surface area contributed by atoms with Crippen LogP contribution in [0.15, 0.2) is 60.7 Å². The van der Waals surface area contributed by atoms with Crippen molar-refractivity contribution < 1.29 is 9.53 Å². The van der Waals surface area contributed by atoms with Crippen molar-refractivity contribution >= 4 is 16.9 Å². The van der Waals surface area contributed by atoms with E-state index in [2.05, 4.69) is 28.1 Å². The van der Waals surface area contributed by atoms with E-state index >= 15 is 0 Å². The molecule has 0 aliphatic heterocycles. The molecule has 3 rings (SSSR count). The first-order valence-corrected chi connectivity index (χ1v) is 9.19. The third-order valence-corrected chi connectivity index (χ3v) is 4.43. The minimum absolute atomic E-state index is 0.0516. The summed E-state index contributed by atoms with van der Waals surface area (Å²) in [5, 5.41) is 2.89. The number of fused-ring (bicyclic) bond motifs is 1. The van der Waals surface area contributed by atoms with Gasteiger partial charge in [0.25, 0.3) is 0 Å². The van der Waals surface area contributed by atoms with E-state index < -0.39 is 0 Å². The van der Waals surface area contributed by atoms with Crippen molar-refractivity contribution in [1.82, 2.24) is 14.9 Å². The summed E-state index contributed by atoms with van der Waals surface area (Å²) in [6, 6.07) is 16.3. The molecule has 0 spiro atoms. The maximum atomic E-state index is 11.5. The standard InChI is InChI=1S/C22H25N3O2/c1-3-7-22(26)23-15-6-10-21-24-19-8-4-5-9-20(19)25(21)16-17-11-13-18(27-2)14-12-17/h3-5,7-9,11-14H,6,10,15-16H2,1-2H3,(H,23,26)/b7-3-. The minimum Gasteiger partial charge on any atom is -0.497 e. The van der Waals surface area contributed by atoms with Crippen molar-refractivity contribution in [2.24, 2.45) is 0 Å². The van der Waals surface area contributed by atoms with Gasteiger partial charge in [-0.05, 0) is 49.2 Å². The highest BCUT2D eigenvalue weighted by atomic mass is 16.5. The average molecular weight is 363 g/mol. The van der Waals surface area contributed by atoms with Crippen LogP contribution in [0.3, 0.4) is 0 Å². The van der Waals surface area contributed by atoms with Gasteiger partial charge in [-0.2, -0.15) is 0 Å². The number of aryl methyl sites for hydroxylation is 1. The Morgan fingerprint density at radius 2 is 1.96 bits per heavy atom. The van der Waals surface area contributed by atoms with Crippen LogP contribution >= 0.6 is 0 Å². The first-order valence-electron chi connectivity index (χ1n) is 9.19. The van der Waals surface area contributed by atoms with Gasteiger partial charge in [0.2, 0.25) is 5.91 Å². The Morgan fingerprint density at radius 3 is 2.70 bits per heavy atom. The summed E-state index contributed by atoms with van der Waals surface area (Å²) in [6.07, 6.45) is 4.93. The van der Waals surface area contributed by atoms with Gasteiger partial charge in [0.05, 0.1) is 18.1 Å². The number of ether oxygens (including phenoxy) is 1. The van der Waals surface area contributed by atoms with Crippen molar-refractivity contribution in [1.29, 1.82) is 0 Å². The van der Waals surface area contributed by atoms with E-state index in [1.807, 2.05) is 37.3 Å². The molecular formula is C22H25N3O2. The van der Waals surface area contributed by atoms with Gasteiger partial charge in [-0.1, -0.05) is 30.3 Å². The fraction of sp³-hybridized carbons (Fsp3) is 0.273. The van der Waals surface area contributed by atoms with Crippen LogP contribution in [-0.4, -0.2) is 29.1 Å². The van der Waals surface area contributed by atoms with Crippen LogP contribution in [0.1, 0.15) is 24.7 Å². The van der Waals surface area contributed by atoms with Gasteiger partial charge in [0, 0.05) is 19.5 Å². The molecule has 0 bridgehead atoms. The number of aromatic nitrogens is 2. The molecule has 1 heterocycles. The lowest BCUT2D eigenvalue weighted by molar-refractivity contribution is -0.116. The fourth-order valence-corrected chi connectivity index (χ4v) is 3.07. The molecule has 1 amide bonds. The topological polar surface area (TPSA) is 56.2 Å². The predicted octanol–water partition coefficient (Wildman–Crippen LogP) is 3.72. The number of allylic oxidation sites excluding steroid dienone is 1. The maximum absolute atomic E-state index is 11.5. The molecule has 27 heavy (non-hydrogen) atoms. The number of rotatable bonds is 8. The zero-order valence-electron chi connectivity index (χ0n) is 15.8. The number of hydrogen-bond donors (Lipinski definition) is 1. The van der Waals surface area contributed by atoms with Gasteiger partial charge in [-0.25, -0.2) is 4.98 Å². The Morgan fingerprint density at radius 1 is 1.19 bits per heavy atom. The van der Waals surface area contributed by atoms with Gasteiger partial charge < -0.3 is 14.6 Å². The van der Waals surface area contributed by atoms with Crippen LogP contribution in [0.2, 0.25) is 0 Å². The molecule has 1 N–H and O–H groups in total. The Labute approximate surface area is 159 Å². The van der Waals surface area contributed by atoms with E-state index in [0.29, 0.717) is 6.54 Å². The number of nitrogens with one attached hydrogen (secondary N) is 1. The second kappa shape index (κ2) is 9.03. The molecule has 1 aromatic heterocycles. The molecule has 0 unspecified atom stereocenters. The predicted molar refractivity (Wildman–Crippen MR) is 108 cm³/mol. The van der Waals surface area contributed by atoms with E-state index in [0.717, 1.165) is 42.0 Å². The summed E-state index contributed by atoms with van der Waals surface area (Å²) in [6.45, 7) is 3.22. The maximum Gasteiger partial charge on any atom is 0.243 e. The lowest BCUT2D eigenvalue weighted by Crippen LogP contribution is -2.22. The average Bonchev–Trinajstić information content (AvgIpc) is 3.03. The van der Waals surface area contributed by atoms with E-state index in [4.69, 9.17) is 9.72 Å². The molecule has 5 nitrogen and oxygen atoms in total. The van der Waals surface area contributed by atoms with Gasteiger partial charge >= 0.3 is 0 Å². The van der Waals surface area contributed by atoms with Gasteiger partial charge in [0.1, 0.15) is 11.6 Å². The monoisotopic (exact) mass is 363 g/mol. The molecule has 0 fully saturated rings. The molecule has 0 aliphatic rings. The van der Waals surface area contributed by atoms with Gasteiger partial charge in [-0.3, -0.25) is 4.79 Å². The van der Waals surface area contributed by atoms with Crippen LogP contribution < -0.4 is 10.1 Å². The van der Waals surface area contributed by atoms with Crippen LogP contribution in [0.4, 0.5) is 0 Å². The molecule has 0 saturated heterocycles. The number of para-hydroxylation sites is 2. The van der Waals surface area contributed by atoms with Crippen LogP contribution in [-0.2, 0) is 17.8 Å². The summed E-state index contributed by atoms with van der Waals surface area (Å²) < 4.78 is 7.50. The number of benzene rings is 2. The smallest absolute Gasteiger partial charge is 0.243 e. The fourth-order valence-electron chi connectivity index (χ4n) is 3.07. The van der Waals surface area contributed by atoms with Crippen molar-refractivity contribution in [2.45, 2.75) is 26.3 Å². The van der Waals surface area contributed by atoms with Gasteiger partial charge in [0.15, 0.2) is 0 Å². The SMILES string of the molecule is C/C=C\C(=O)NCCCc1nc2ccccc2n1Cc1ccc(OC)cc1. The lowest BCUT2D eigenvalue weighted by atomic mass is 10.2. The van der Waals surface area contributed by atoms with Crippen molar-refractivity contribution in [3.8, 4) is 5.75 Å². The van der Waals surface area contributed by atoms with E-state index in [1.165, 1.54) is 5.56 Å². The summed E-state index contributed by atoms with van der Waals surface area (Å²) in [5.74, 6) is 1.84. The van der Waals surface area contributed by atoms with Crippen LogP contribution in [0, 0.1) is 0 Å². The van der Waals surface area contributed by atoms with Crippen molar-refractivity contribution in [3.05, 3.63) is 72.1 Å². The number of nitrogens with zero attached hydrogens (tertiary/aromatic N) is 2. The Hall–Kier alpha value is -3.08.